The number of ether oxygens (including phenoxy) is 1. The molecule has 0 aromatic carbocycles. The van der Waals surface area contributed by atoms with Gasteiger partial charge < -0.3 is 19.4 Å². The number of esters is 1. The number of rotatable bonds is 68. The number of nitrogens with zero attached hydrogens (tertiary/aromatic N) is 1. The lowest BCUT2D eigenvalue weighted by Gasteiger charge is -2.27. The van der Waals surface area contributed by atoms with E-state index in [-0.39, 0.29) is 31.5 Å². The Balaban J connectivity index is 4.95. The van der Waals surface area contributed by atoms with Crippen LogP contribution in [0.2, 0.25) is 0 Å². The number of carbonyl (C=O) groups is 2. The van der Waals surface area contributed by atoms with Crippen LogP contribution in [0.3, 0.4) is 0 Å². The van der Waals surface area contributed by atoms with Crippen molar-refractivity contribution in [2.45, 2.75) is 367 Å². The highest BCUT2D eigenvalue weighted by molar-refractivity contribution is 7.47. The molecular weight excluding hydrogens is 1100 g/mol. The van der Waals surface area contributed by atoms with Crippen LogP contribution < -0.4 is 5.32 Å². The maximum Gasteiger partial charge on any atom is 0.472 e. The van der Waals surface area contributed by atoms with Crippen LogP contribution in [0.5, 0.6) is 0 Å². The van der Waals surface area contributed by atoms with Gasteiger partial charge in [-0.05, 0) is 76.7 Å². The van der Waals surface area contributed by atoms with Crippen molar-refractivity contribution in [2.24, 2.45) is 0 Å². The number of allylic oxidation sites excluding steroid dienone is 11. The first-order valence-electron chi connectivity index (χ1n) is 37.3. The van der Waals surface area contributed by atoms with Crippen molar-refractivity contribution >= 4 is 19.7 Å². The minimum absolute atomic E-state index is 0.0400. The Hall–Kier alpha value is -2.55. The Morgan fingerprint density at radius 2 is 0.736 bits per heavy atom. The molecule has 0 aliphatic carbocycles. The molecule has 3 atom stereocenters. The largest absolute Gasteiger partial charge is 0.472 e. The van der Waals surface area contributed by atoms with E-state index in [2.05, 4.69) is 86.8 Å². The standard InChI is InChI=1S/C77H143N2O7P/c1-7-10-13-16-19-22-25-27-29-31-33-35-37-38-39-40-42-44-46-48-50-52-55-58-61-64-67-70-77(81)86-75(68-65-62-59-56-53-24-21-18-15-12-9-3)74(73-85-87(82,83)84-72-71-79(4,5)6)78-76(80)69-66-63-60-57-54-51-49-47-45-43-41-36-34-32-30-28-26-23-20-17-14-11-8-2/h10,13,19,22,27,29,33,35,38-39,65,68,74-75H,7-9,11-12,14-18,20-21,23-26,28,30-32,34,36-37,40-64,66-67,69-73H2,1-6H3,(H-,78,80,82,83)/p+1/b13-10-,22-19-,29-27-,35-33-,39-38-,68-65+. The van der Waals surface area contributed by atoms with E-state index in [0.29, 0.717) is 17.4 Å². The van der Waals surface area contributed by atoms with E-state index in [1.807, 2.05) is 33.3 Å². The van der Waals surface area contributed by atoms with Crippen molar-refractivity contribution in [2.75, 3.05) is 40.9 Å². The fourth-order valence-electron chi connectivity index (χ4n) is 11.0. The molecule has 9 nitrogen and oxygen atoms in total. The number of phosphoric acid groups is 1. The highest BCUT2D eigenvalue weighted by Gasteiger charge is 2.30. The van der Waals surface area contributed by atoms with E-state index in [0.717, 1.165) is 89.9 Å². The molecule has 1 amide bonds. The number of amides is 1. The van der Waals surface area contributed by atoms with E-state index in [4.69, 9.17) is 13.8 Å². The predicted octanol–water partition coefficient (Wildman–Crippen LogP) is 23.9. The van der Waals surface area contributed by atoms with Crippen LogP contribution in [0.1, 0.15) is 355 Å². The van der Waals surface area contributed by atoms with E-state index < -0.39 is 20.0 Å². The molecule has 0 aliphatic heterocycles. The number of likely N-dealkylation sites (N-methyl/N-ethyl adjacent to an activating group) is 1. The lowest BCUT2D eigenvalue weighted by molar-refractivity contribution is -0.870. The topological polar surface area (TPSA) is 111 Å². The maximum atomic E-state index is 13.6. The average molecular weight is 1240 g/mol. The normalized spacial score (nSPS) is 13.9. The molecular formula is C77H144N2O7P+. The second-order valence-electron chi connectivity index (χ2n) is 26.4. The molecule has 0 spiro atoms. The van der Waals surface area contributed by atoms with E-state index >= 15 is 0 Å². The van der Waals surface area contributed by atoms with Crippen LogP contribution in [0.4, 0.5) is 0 Å². The first-order valence-corrected chi connectivity index (χ1v) is 38.8. The minimum Gasteiger partial charge on any atom is -0.456 e. The first-order chi connectivity index (χ1) is 42.4. The molecule has 87 heavy (non-hydrogen) atoms. The zero-order chi connectivity index (χ0) is 63.5. The molecule has 2 N–H and O–H groups in total. The zero-order valence-electron chi connectivity index (χ0n) is 58.3. The second kappa shape index (κ2) is 66.4. The van der Waals surface area contributed by atoms with Gasteiger partial charge in [-0.3, -0.25) is 18.6 Å². The molecule has 10 heteroatoms. The Bertz CT molecular complexity index is 1720. The summed E-state index contributed by atoms with van der Waals surface area (Å²) in [5.74, 6) is -0.494. The number of quaternary nitrogens is 1. The van der Waals surface area contributed by atoms with Crippen LogP contribution in [0.15, 0.2) is 72.9 Å². The molecule has 0 heterocycles. The SMILES string of the molecule is CC/C=C\C/C=C\C/C=C\C/C=C\C/C=C\CCCCCCCCCCCCCC(=O)OC(/C=C/CCCCCCCCCCC)C(COP(=O)(O)OCC[N+](C)(C)C)NC(=O)CCCCCCCCCCCCCCCCCCCCCCCCC. The number of hydrogen-bond acceptors (Lipinski definition) is 6. The van der Waals surface area contributed by atoms with Crippen molar-refractivity contribution in [1.82, 2.24) is 5.32 Å². The molecule has 0 saturated heterocycles. The number of phosphoric ester groups is 1. The van der Waals surface area contributed by atoms with Crippen molar-refractivity contribution in [3.63, 3.8) is 0 Å². The molecule has 0 saturated carbocycles. The van der Waals surface area contributed by atoms with Crippen LogP contribution in [0.25, 0.3) is 0 Å². The van der Waals surface area contributed by atoms with Gasteiger partial charge in [0.1, 0.15) is 19.3 Å². The van der Waals surface area contributed by atoms with E-state index in [1.165, 1.54) is 231 Å². The quantitative estimate of drug-likeness (QED) is 0.0205. The zero-order valence-corrected chi connectivity index (χ0v) is 59.2. The van der Waals surface area contributed by atoms with Gasteiger partial charge in [-0.15, -0.1) is 0 Å². The Labute approximate surface area is 540 Å². The van der Waals surface area contributed by atoms with Gasteiger partial charge in [-0.2, -0.15) is 0 Å². The summed E-state index contributed by atoms with van der Waals surface area (Å²) in [5, 5.41) is 3.08. The Kier molecular flexibility index (Phi) is 64.4. The molecule has 3 unspecified atom stereocenters. The molecule has 0 radical (unpaired) electrons. The molecule has 0 aromatic heterocycles. The summed E-state index contributed by atoms with van der Waals surface area (Å²) < 4.78 is 30.9. The van der Waals surface area contributed by atoms with Crippen molar-refractivity contribution < 1.29 is 37.3 Å². The Morgan fingerprint density at radius 3 is 1.10 bits per heavy atom. The first kappa shape index (κ1) is 84.5. The summed E-state index contributed by atoms with van der Waals surface area (Å²) in [5.41, 5.74) is 0. The fraction of sp³-hybridized carbons (Fsp3) is 0.818. The lowest BCUT2D eigenvalue weighted by atomic mass is 10.0. The summed E-state index contributed by atoms with van der Waals surface area (Å²) in [6, 6.07) is -0.850. The highest BCUT2D eigenvalue weighted by atomic mass is 31.2. The summed E-state index contributed by atoms with van der Waals surface area (Å²) in [7, 11) is 1.50. The monoisotopic (exact) mass is 1240 g/mol. The van der Waals surface area contributed by atoms with Gasteiger partial charge in [0.05, 0.1) is 33.8 Å². The molecule has 0 aromatic rings. The third kappa shape index (κ3) is 67.7. The van der Waals surface area contributed by atoms with Crippen LogP contribution in [0, 0.1) is 0 Å². The van der Waals surface area contributed by atoms with Crippen LogP contribution >= 0.6 is 7.82 Å². The average Bonchev–Trinajstić information content (AvgIpc) is 3.70. The van der Waals surface area contributed by atoms with Gasteiger partial charge in [0.25, 0.3) is 0 Å². The summed E-state index contributed by atoms with van der Waals surface area (Å²) in [6.45, 7) is 6.94. The summed E-state index contributed by atoms with van der Waals surface area (Å²) in [4.78, 5) is 37.9. The molecule has 0 bridgehead atoms. The molecule has 508 valence electrons. The molecule has 0 rings (SSSR count). The van der Waals surface area contributed by atoms with E-state index in [1.54, 1.807) is 0 Å². The van der Waals surface area contributed by atoms with Gasteiger partial charge in [0.15, 0.2) is 0 Å². The van der Waals surface area contributed by atoms with E-state index in [9.17, 15) is 19.0 Å². The Morgan fingerprint density at radius 1 is 0.414 bits per heavy atom. The summed E-state index contributed by atoms with van der Waals surface area (Å²) in [6.07, 6.45) is 87.8. The van der Waals surface area contributed by atoms with Gasteiger partial charge >= 0.3 is 13.8 Å². The molecule has 0 fully saturated rings. The van der Waals surface area contributed by atoms with Crippen molar-refractivity contribution in [3.8, 4) is 0 Å². The predicted molar refractivity (Wildman–Crippen MR) is 378 cm³/mol. The third-order valence-corrected chi connectivity index (χ3v) is 17.6. The van der Waals surface area contributed by atoms with Crippen LogP contribution in [-0.2, 0) is 27.9 Å². The van der Waals surface area contributed by atoms with Gasteiger partial charge in [0.2, 0.25) is 5.91 Å². The fourth-order valence-corrected chi connectivity index (χ4v) is 11.7. The van der Waals surface area contributed by atoms with Gasteiger partial charge in [-0.1, -0.05) is 338 Å². The molecule has 0 aliphatic rings. The maximum absolute atomic E-state index is 13.6. The highest BCUT2D eigenvalue weighted by Crippen LogP contribution is 2.43. The van der Waals surface area contributed by atoms with Gasteiger partial charge in [-0.25, -0.2) is 4.57 Å². The lowest BCUT2D eigenvalue weighted by Crippen LogP contribution is -2.47. The third-order valence-electron chi connectivity index (χ3n) is 16.7. The van der Waals surface area contributed by atoms with Gasteiger partial charge in [0, 0.05) is 12.8 Å². The second-order valence-corrected chi connectivity index (χ2v) is 27.9. The number of carbonyl (C=O) groups excluding carboxylic acids is 2. The summed E-state index contributed by atoms with van der Waals surface area (Å²) >= 11 is 0. The number of nitrogens with one attached hydrogen (secondary N) is 1. The number of hydrogen-bond donors (Lipinski definition) is 2. The minimum atomic E-state index is -4.46. The van der Waals surface area contributed by atoms with Crippen LogP contribution in [-0.4, -0.2) is 74.3 Å². The van der Waals surface area contributed by atoms with Crippen molar-refractivity contribution in [3.05, 3.63) is 72.9 Å². The van der Waals surface area contributed by atoms with Crippen molar-refractivity contribution in [1.29, 1.82) is 0 Å². The number of unbranched alkanes of at least 4 members (excludes halogenated alkanes) is 42. The smallest absolute Gasteiger partial charge is 0.456 e.